The molecule has 0 bridgehead atoms. The Hall–Kier alpha value is -1.40. The van der Waals surface area contributed by atoms with E-state index in [4.69, 9.17) is 16.3 Å². The van der Waals surface area contributed by atoms with Crippen LogP contribution in [0, 0.1) is 10.1 Å². The van der Waals surface area contributed by atoms with Crippen LogP contribution in [-0.2, 0) is 4.74 Å². The van der Waals surface area contributed by atoms with E-state index in [1.54, 1.807) is 11.9 Å². The molecule has 6 nitrogen and oxygen atoms in total. The third-order valence-electron chi connectivity index (χ3n) is 2.88. The van der Waals surface area contributed by atoms with Crippen LogP contribution < -0.4 is 4.90 Å². The molecule has 0 aromatic carbocycles. The summed E-state index contributed by atoms with van der Waals surface area (Å²) in [5, 5.41) is 11.2. The fourth-order valence-corrected chi connectivity index (χ4v) is 2.16. The number of likely N-dealkylation sites (N-methyl/N-ethyl adjacent to an activating group) is 1. The molecule has 1 saturated heterocycles. The van der Waals surface area contributed by atoms with Gasteiger partial charge in [0.15, 0.2) is 0 Å². The number of aromatic nitrogens is 1. The van der Waals surface area contributed by atoms with Crippen LogP contribution in [0.2, 0.25) is 5.15 Å². The Balaban J connectivity index is 2.19. The van der Waals surface area contributed by atoms with Crippen molar-refractivity contribution in [1.82, 2.24) is 4.98 Å². The summed E-state index contributed by atoms with van der Waals surface area (Å²) in [6.07, 6.45) is 2.11. The summed E-state index contributed by atoms with van der Waals surface area (Å²) in [6.45, 7) is 1.33. The van der Waals surface area contributed by atoms with Crippen molar-refractivity contribution in [2.75, 3.05) is 25.1 Å². The van der Waals surface area contributed by atoms with Gasteiger partial charge in [-0.1, -0.05) is 11.6 Å². The molecule has 0 saturated carbocycles. The zero-order chi connectivity index (χ0) is 13.1. The molecular weight excluding hydrogens is 258 g/mol. The van der Waals surface area contributed by atoms with E-state index in [0.717, 1.165) is 19.4 Å². The van der Waals surface area contributed by atoms with Crippen molar-refractivity contribution in [3.63, 3.8) is 0 Å². The highest BCUT2D eigenvalue weighted by molar-refractivity contribution is 6.29. The molecule has 1 fully saturated rings. The average molecular weight is 272 g/mol. The lowest BCUT2D eigenvalue weighted by Crippen LogP contribution is -2.29. The zero-order valence-electron chi connectivity index (χ0n) is 10.0. The molecule has 98 valence electrons. The summed E-state index contributed by atoms with van der Waals surface area (Å²) >= 11 is 5.79. The van der Waals surface area contributed by atoms with Gasteiger partial charge in [-0.05, 0) is 18.9 Å². The monoisotopic (exact) mass is 271 g/mol. The summed E-state index contributed by atoms with van der Waals surface area (Å²) in [5.41, 5.74) is -0.0418. The number of halogens is 1. The molecular formula is C11H14ClN3O3. The van der Waals surface area contributed by atoms with Gasteiger partial charge in [0.25, 0.3) is 0 Å². The van der Waals surface area contributed by atoms with Crippen molar-refractivity contribution in [2.45, 2.75) is 18.9 Å². The molecule has 18 heavy (non-hydrogen) atoms. The normalized spacial score (nSPS) is 18.9. The second-order valence-corrected chi connectivity index (χ2v) is 4.64. The SMILES string of the molecule is CN(CC1CCCO1)c1nc(Cl)ccc1[N+](=O)[O-]. The second-order valence-electron chi connectivity index (χ2n) is 4.25. The first kappa shape index (κ1) is 13.0. The fraction of sp³-hybridized carbons (Fsp3) is 0.545. The molecule has 1 aliphatic rings. The van der Waals surface area contributed by atoms with Gasteiger partial charge in [-0.3, -0.25) is 10.1 Å². The lowest BCUT2D eigenvalue weighted by Gasteiger charge is -2.21. The summed E-state index contributed by atoms with van der Waals surface area (Å²) in [5.74, 6) is 0.281. The predicted octanol–water partition coefficient (Wildman–Crippen LogP) is 2.26. The molecule has 0 amide bonds. The standard InChI is InChI=1S/C11H14ClN3O3/c1-14(7-8-3-2-6-18-8)11-9(15(16)17)4-5-10(12)13-11/h4-5,8H,2-3,6-7H2,1H3. The molecule has 2 heterocycles. The quantitative estimate of drug-likeness (QED) is 0.477. The highest BCUT2D eigenvalue weighted by Gasteiger charge is 2.23. The van der Waals surface area contributed by atoms with Gasteiger partial charge in [-0.25, -0.2) is 4.98 Å². The van der Waals surface area contributed by atoms with E-state index in [0.29, 0.717) is 6.54 Å². The van der Waals surface area contributed by atoms with Crippen LogP contribution in [0.4, 0.5) is 11.5 Å². The van der Waals surface area contributed by atoms with E-state index in [9.17, 15) is 10.1 Å². The third-order valence-corrected chi connectivity index (χ3v) is 3.09. The Morgan fingerprint density at radius 1 is 1.67 bits per heavy atom. The zero-order valence-corrected chi connectivity index (χ0v) is 10.8. The number of ether oxygens (including phenoxy) is 1. The minimum Gasteiger partial charge on any atom is -0.376 e. The first-order valence-corrected chi connectivity index (χ1v) is 6.09. The Morgan fingerprint density at radius 2 is 2.44 bits per heavy atom. The lowest BCUT2D eigenvalue weighted by molar-refractivity contribution is -0.384. The van der Waals surface area contributed by atoms with E-state index in [-0.39, 0.29) is 22.8 Å². The Morgan fingerprint density at radius 3 is 3.06 bits per heavy atom. The molecule has 1 atom stereocenters. The molecule has 1 aromatic heterocycles. The number of nitrogens with zero attached hydrogens (tertiary/aromatic N) is 3. The summed E-state index contributed by atoms with van der Waals surface area (Å²) in [7, 11) is 1.76. The van der Waals surface area contributed by atoms with Crippen molar-refractivity contribution < 1.29 is 9.66 Å². The number of hydrogen-bond donors (Lipinski definition) is 0. The van der Waals surface area contributed by atoms with Gasteiger partial charge in [-0.2, -0.15) is 0 Å². The molecule has 2 rings (SSSR count). The van der Waals surface area contributed by atoms with Gasteiger partial charge in [-0.15, -0.1) is 0 Å². The maximum Gasteiger partial charge on any atom is 0.311 e. The first-order valence-electron chi connectivity index (χ1n) is 5.71. The number of rotatable bonds is 4. The van der Waals surface area contributed by atoms with E-state index < -0.39 is 4.92 Å². The smallest absolute Gasteiger partial charge is 0.311 e. The highest BCUT2D eigenvalue weighted by Crippen LogP contribution is 2.27. The Kier molecular flexibility index (Phi) is 3.98. The van der Waals surface area contributed by atoms with Gasteiger partial charge < -0.3 is 9.64 Å². The van der Waals surface area contributed by atoms with Crippen LogP contribution in [0.25, 0.3) is 0 Å². The maximum atomic E-state index is 10.9. The number of nitro groups is 1. The summed E-state index contributed by atoms with van der Waals surface area (Å²) in [6, 6.07) is 2.79. The van der Waals surface area contributed by atoms with Crippen molar-refractivity contribution >= 4 is 23.1 Å². The topological polar surface area (TPSA) is 68.5 Å². The average Bonchev–Trinajstić information content (AvgIpc) is 2.81. The van der Waals surface area contributed by atoms with E-state index in [1.165, 1.54) is 12.1 Å². The summed E-state index contributed by atoms with van der Waals surface area (Å²) in [4.78, 5) is 16.2. The molecule has 0 aliphatic carbocycles. The van der Waals surface area contributed by atoms with Crippen molar-refractivity contribution in [2.24, 2.45) is 0 Å². The van der Waals surface area contributed by atoms with Crippen molar-refractivity contribution in [3.05, 3.63) is 27.4 Å². The number of pyridine rings is 1. The minimum absolute atomic E-state index is 0.0418. The van der Waals surface area contributed by atoms with Crippen LogP contribution in [0.3, 0.4) is 0 Å². The molecule has 7 heteroatoms. The molecule has 0 radical (unpaired) electrons. The van der Waals surface area contributed by atoms with Crippen LogP contribution in [0.15, 0.2) is 12.1 Å². The molecule has 0 N–H and O–H groups in total. The van der Waals surface area contributed by atoms with Gasteiger partial charge >= 0.3 is 5.69 Å². The van der Waals surface area contributed by atoms with Crippen molar-refractivity contribution in [1.29, 1.82) is 0 Å². The Labute approximate surface area is 110 Å². The lowest BCUT2D eigenvalue weighted by atomic mass is 10.2. The van der Waals surface area contributed by atoms with Crippen LogP contribution in [-0.4, -0.2) is 36.2 Å². The largest absolute Gasteiger partial charge is 0.376 e. The first-order chi connectivity index (χ1) is 8.58. The molecule has 1 unspecified atom stereocenters. The van der Waals surface area contributed by atoms with Gasteiger partial charge in [0.1, 0.15) is 5.15 Å². The molecule has 1 aromatic rings. The number of anilines is 1. The number of hydrogen-bond acceptors (Lipinski definition) is 5. The van der Waals surface area contributed by atoms with Crippen molar-refractivity contribution in [3.8, 4) is 0 Å². The second kappa shape index (κ2) is 5.49. The summed E-state index contributed by atoms with van der Waals surface area (Å²) < 4.78 is 5.50. The van der Waals surface area contributed by atoms with Crippen LogP contribution >= 0.6 is 11.6 Å². The van der Waals surface area contributed by atoms with Gasteiger partial charge in [0, 0.05) is 26.3 Å². The van der Waals surface area contributed by atoms with E-state index >= 15 is 0 Å². The van der Waals surface area contributed by atoms with Gasteiger partial charge in [0.05, 0.1) is 11.0 Å². The molecule has 0 spiro atoms. The predicted molar refractivity (Wildman–Crippen MR) is 68.1 cm³/mol. The van der Waals surface area contributed by atoms with Crippen LogP contribution in [0.5, 0.6) is 0 Å². The maximum absolute atomic E-state index is 10.9. The highest BCUT2D eigenvalue weighted by atomic mass is 35.5. The van der Waals surface area contributed by atoms with Crippen LogP contribution in [0.1, 0.15) is 12.8 Å². The van der Waals surface area contributed by atoms with Gasteiger partial charge in [0.2, 0.25) is 5.82 Å². The minimum atomic E-state index is -0.454. The molecule has 1 aliphatic heterocycles. The van der Waals surface area contributed by atoms with E-state index in [1.807, 2.05) is 0 Å². The fourth-order valence-electron chi connectivity index (χ4n) is 2.02. The third kappa shape index (κ3) is 2.88. The Bertz CT molecular complexity index is 449. The van der Waals surface area contributed by atoms with E-state index in [2.05, 4.69) is 4.98 Å².